The fraction of sp³-hybridized carbons (Fsp3) is 0.133. The third-order valence-electron chi connectivity index (χ3n) is 2.66. The first-order valence-electron chi connectivity index (χ1n) is 6.03. The number of nitrogens with one attached hydrogen (secondary N) is 2. The molecule has 2 rings (SSSR count). The Hall–Kier alpha value is -1.81. The lowest BCUT2D eigenvalue weighted by atomic mass is 10.2. The Balaban J connectivity index is 1.94. The summed E-state index contributed by atoms with van der Waals surface area (Å²) in [6, 6.07) is 16.9. The summed E-state index contributed by atoms with van der Waals surface area (Å²) in [4.78, 5) is 12.0. The summed E-state index contributed by atoms with van der Waals surface area (Å²) in [6.07, 6.45) is 0. The van der Waals surface area contributed by atoms with E-state index in [0.29, 0.717) is 0 Å². The number of hydrogen-bond acceptors (Lipinski definition) is 2. The molecule has 0 aromatic heterocycles. The van der Waals surface area contributed by atoms with Crippen molar-refractivity contribution < 1.29 is 4.79 Å². The molecule has 0 heterocycles. The van der Waals surface area contributed by atoms with E-state index in [1.807, 2.05) is 61.5 Å². The molecule has 98 valence electrons. The van der Waals surface area contributed by atoms with Crippen molar-refractivity contribution in [2.75, 3.05) is 10.6 Å². The van der Waals surface area contributed by atoms with Crippen molar-refractivity contribution in [2.45, 2.75) is 13.0 Å². The van der Waals surface area contributed by atoms with Crippen LogP contribution in [0.15, 0.2) is 59.1 Å². The number of hydrogen-bond donors (Lipinski definition) is 2. The van der Waals surface area contributed by atoms with Crippen molar-refractivity contribution in [1.29, 1.82) is 0 Å². The molecule has 2 aromatic carbocycles. The third-order valence-corrected chi connectivity index (χ3v) is 3.19. The van der Waals surface area contributed by atoms with Gasteiger partial charge in [-0.05, 0) is 43.3 Å². The Morgan fingerprint density at radius 1 is 1.00 bits per heavy atom. The van der Waals surface area contributed by atoms with Gasteiger partial charge in [0.05, 0.1) is 0 Å². The zero-order chi connectivity index (χ0) is 13.7. The second kappa shape index (κ2) is 6.38. The molecule has 1 atom stereocenters. The van der Waals surface area contributed by atoms with Crippen LogP contribution in [0.5, 0.6) is 0 Å². The molecule has 0 aliphatic rings. The summed E-state index contributed by atoms with van der Waals surface area (Å²) in [7, 11) is 0. The van der Waals surface area contributed by atoms with Crippen molar-refractivity contribution in [2.24, 2.45) is 0 Å². The van der Waals surface area contributed by atoms with E-state index in [1.54, 1.807) is 0 Å². The number of carbonyl (C=O) groups excluding carboxylic acids is 1. The molecule has 0 aliphatic carbocycles. The highest BCUT2D eigenvalue weighted by Gasteiger charge is 2.12. The summed E-state index contributed by atoms with van der Waals surface area (Å²) >= 11 is 3.36. The number of rotatable bonds is 4. The predicted molar refractivity (Wildman–Crippen MR) is 82.3 cm³/mol. The van der Waals surface area contributed by atoms with E-state index in [1.165, 1.54) is 0 Å². The Morgan fingerprint density at radius 3 is 2.26 bits per heavy atom. The minimum atomic E-state index is -0.300. The van der Waals surface area contributed by atoms with Gasteiger partial charge in [0.2, 0.25) is 5.91 Å². The van der Waals surface area contributed by atoms with Gasteiger partial charge in [0, 0.05) is 15.8 Å². The van der Waals surface area contributed by atoms with Crippen LogP contribution >= 0.6 is 15.9 Å². The van der Waals surface area contributed by atoms with Crippen molar-refractivity contribution in [3.63, 3.8) is 0 Å². The molecule has 0 saturated carbocycles. The average molecular weight is 319 g/mol. The third kappa shape index (κ3) is 4.10. The van der Waals surface area contributed by atoms with Crippen LogP contribution in [0.1, 0.15) is 6.92 Å². The van der Waals surface area contributed by atoms with E-state index in [0.717, 1.165) is 15.8 Å². The lowest BCUT2D eigenvalue weighted by Crippen LogP contribution is -2.31. The first-order chi connectivity index (χ1) is 9.15. The van der Waals surface area contributed by atoms with Gasteiger partial charge in [-0.25, -0.2) is 0 Å². The second-order valence-electron chi connectivity index (χ2n) is 4.23. The van der Waals surface area contributed by atoms with Crippen molar-refractivity contribution >= 4 is 33.2 Å². The number of anilines is 2. The Morgan fingerprint density at radius 2 is 1.63 bits per heavy atom. The van der Waals surface area contributed by atoms with Crippen LogP contribution in [0.2, 0.25) is 0 Å². The van der Waals surface area contributed by atoms with Gasteiger partial charge in [-0.2, -0.15) is 0 Å². The van der Waals surface area contributed by atoms with Gasteiger partial charge in [-0.1, -0.05) is 34.1 Å². The molecule has 0 radical (unpaired) electrons. The molecular weight excluding hydrogens is 304 g/mol. The molecule has 0 saturated heterocycles. The van der Waals surface area contributed by atoms with E-state index in [-0.39, 0.29) is 11.9 Å². The number of halogens is 1. The first-order valence-corrected chi connectivity index (χ1v) is 6.82. The van der Waals surface area contributed by atoms with Crippen molar-refractivity contribution in [3.8, 4) is 0 Å². The van der Waals surface area contributed by atoms with E-state index >= 15 is 0 Å². The Labute approximate surface area is 121 Å². The van der Waals surface area contributed by atoms with Crippen LogP contribution in [-0.2, 0) is 4.79 Å². The molecule has 19 heavy (non-hydrogen) atoms. The van der Waals surface area contributed by atoms with Gasteiger partial charge in [-0.15, -0.1) is 0 Å². The molecule has 0 fully saturated rings. The maximum Gasteiger partial charge on any atom is 0.246 e. The van der Waals surface area contributed by atoms with Gasteiger partial charge >= 0.3 is 0 Å². The number of amides is 1. The maximum atomic E-state index is 12.0. The van der Waals surface area contributed by atoms with Gasteiger partial charge in [0.1, 0.15) is 6.04 Å². The SMILES string of the molecule is C[C@@H](Nc1ccccc1)C(=O)Nc1ccc(Br)cc1. The fourth-order valence-corrected chi connectivity index (χ4v) is 1.90. The molecule has 0 spiro atoms. The molecular formula is C15H15BrN2O. The minimum absolute atomic E-state index is 0.0637. The smallest absolute Gasteiger partial charge is 0.246 e. The van der Waals surface area contributed by atoms with E-state index in [9.17, 15) is 4.79 Å². The van der Waals surface area contributed by atoms with Crippen LogP contribution in [0.4, 0.5) is 11.4 Å². The maximum absolute atomic E-state index is 12.0. The zero-order valence-corrected chi connectivity index (χ0v) is 12.1. The number of benzene rings is 2. The molecule has 0 unspecified atom stereocenters. The molecule has 0 aliphatic heterocycles. The van der Waals surface area contributed by atoms with Crippen LogP contribution in [0.25, 0.3) is 0 Å². The standard InChI is InChI=1S/C15H15BrN2O/c1-11(17-13-5-3-2-4-6-13)15(19)18-14-9-7-12(16)8-10-14/h2-11,17H,1H3,(H,18,19)/t11-/m1/s1. The number of para-hydroxylation sites is 1. The topological polar surface area (TPSA) is 41.1 Å². The predicted octanol–water partition coefficient (Wildman–Crippen LogP) is 3.89. The Kier molecular flexibility index (Phi) is 4.58. The summed E-state index contributed by atoms with van der Waals surface area (Å²) in [5.41, 5.74) is 1.72. The van der Waals surface area contributed by atoms with E-state index < -0.39 is 0 Å². The van der Waals surface area contributed by atoms with Crippen LogP contribution < -0.4 is 10.6 Å². The molecule has 2 aromatic rings. The van der Waals surface area contributed by atoms with Crippen LogP contribution in [0.3, 0.4) is 0 Å². The van der Waals surface area contributed by atoms with Crippen LogP contribution in [-0.4, -0.2) is 11.9 Å². The lowest BCUT2D eigenvalue weighted by molar-refractivity contribution is -0.116. The molecule has 3 nitrogen and oxygen atoms in total. The average Bonchev–Trinajstić information content (AvgIpc) is 2.42. The summed E-state index contributed by atoms with van der Waals surface area (Å²) in [6.45, 7) is 1.83. The van der Waals surface area contributed by atoms with E-state index in [4.69, 9.17) is 0 Å². The summed E-state index contributed by atoms with van der Waals surface area (Å²) < 4.78 is 0.987. The number of carbonyl (C=O) groups is 1. The second-order valence-corrected chi connectivity index (χ2v) is 5.14. The van der Waals surface area contributed by atoms with Crippen molar-refractivity contribution in [3.05, 3.63) is 59.1 Å². The zero-order valence-electron chi connectivity index (χ0n) is 10.6. The minimum Gasteiger partial charge on any atom is -0.374 e. The van der Waals surface area contributed by atoms with Gasteiger partial charge in [0.25, 0.3) is 0 Å². The first kappa shape index (κ1) is 13.6. The molecule has 2 N–H and O–H groups in total. The molecule has 0 bridgehead atoms. The quantitative estimate of drug-likeness (QED) is 0.898. The van der Waals surface area contributed by atoms with Gasteiger partial charge < -0.3 is 10.6 Å². The largest absolute Gasteiger partial charge is 0.374 e. The van der Waals surface area contributed by atoms with Crippen LogP contribution in [0, 0.1) is 0 Å². The van der Waals surface area contributed by atoms with Gasteiger partial charge in [-0.3, -0.25) is 4.79 Å². The van der Waals surface area contributed by atoms with E-state index in [2.05, 4.69) is 26.6 Å². The fourth-order valence-electron chi connectivity index (χ4n) is 1.63. The molecule has 1 amide bonds. The normalized spacial score (nSPS) is 11.7. The Bertz CT molecular complexity index is 540. The highest BCUT2D eigenvalue weighted by Crippen LogP contribution is 2.15. The molecule has 4 heteroatoms. The lowest BCUT2D eigenvalue weighted by Gasteiger charge is -2.15. The highest BCUT2D eigenvalue weighted by molar-refractivity contribution is 9.10. The monoisotopic (exact) mass is 318 g/mol. The summed E-state index contributed by atoms with van der Waals surface area (Å²) in [5.74, 6) is -0.0637. The highest BCUT2D eigenvalue weighted by atomic mass is 79.9. The van der Waals surface area contributed by atoms with Gasteiger partial charge in [0.15, 0.2) is 0 Å². The van der Waals surface area contributed by atoms with Crippen molar-refractivity contribution in [1.82, 2.24) is 0 Å². The summed E-state index contributed by atoms with van der Waals surface area (Å²) in [5, 5.41) is 6.02.